The molecular formula is C25H24F3N5O4. The van der Waals surface area contributed by atoms with E-state index in [0.717, 1.165) is 16.8 Å². The van der Waals surface area contributed by atoms with Crippen molar-refractivity contribution in [2.45, 2.75) is 26.1 Å². The predicted octanol–water partition coefficient (Wildman–Crippen LogP) is 4.46. The summed E-state index contributed by atoms with van der Waals surface area (Å²) in [5, 5.41) is 2.75. The summed E-state index contributed by atoms with van der Waals surface area (Å²) in [4.78, 5) is 32.8. The maximum Gasteiger partial charge on any atom is 0.417 e. The third kappa shape index (κ3) is 5.97. The van der Waals surface area contributed by atoms with Crippen LogP contribution in [0.2, 0.25) is 0 Å². The third-order valence-corrected chi connectivity index (χ3v) is 5.50. The first-order chi connectivity index (χ1) is 17.5. The van der Waals surface area contributed by atoms with E-state index in [4.69, 9.17) is 9.47 Å². The number of carbonyl (C=O) groups is 1. The smallest absolute Gasteiger partial charge is 0.417 e. The Morgan fingerprint density at radius 1 is 1.14 bits per heavy atom. The quantitative estimate of drug-likeness (QED) is 0.351. The molecule has 0 bridgehead atoms. The van der Waals surface area contributed by atoms with Crippen LogP contribution in [-0.4, -0.2) is 38.6 Å². The van der Waals surface area contributed by atoms with Gasteiger partial charge in [-0.25, -0.2) is 4.98 Å². The van der Waals surface area contributed by atoms with Crippen molar-refractivity contribution < 1.29 is 27.4 Å². The highest BCUT2D eigenvalue weighted by atomic mass is 19.4. The molecule has 0 aliphatic carbocycles. The summed E-state index contributed by atoms with van der Waals surface area (Å²) in [6, 6.07) is 9.18. The van der Waals surface area contributed by atoms with Gasteiger partial charge in [0.1, 0.15) is 23.0 Å². The molecule has 4 rings (SSSR count). The van der Waals surface area contributed by atoms with E-state index in [1.807, 2.05) is 0 Å². The molecule has 0 atom stereocenters. The van der Waals surface area contributed by atoms with Crippen molar-refractivity contribution in [2.24, 2.45) is 7.05 Å². The van der Waals surface area contributed by atoms with Gasteiger partial charge in [0.2, 0.25) is 5.95 Å². The van der Waals surface area contributed by atoms with Crippen molar-refractivity contribution in [3.05, 3.63) is 70.4 Å². The number of nitrogens with zero attached hydrogens (tertiary/aromatic N) is 4. The summed E-state index contributed by atoms with van der Waals surface area (Å²) in [7, 11) is 3.06. The van der Waals surface area contributed by atoms with Crippen LogP contribution in [0.3, 0.4) is 0 Å². The van der Waals surface area contributed by atoms with Gasteiger partial charge >= 0.3 is 6.18 Å². The molecule has 4 aromatic rings. The summed E-state index contributed by atoms with van der Waals surface area (Å²) >= 11 is 0. The molecule has 12 heteroatoms. The van der Waals surface area contributed by atoms with Crippen molar-refractivity contribution in [1.82, 2.24) is 19.1 Å². The van der Waals surface area contributed by atoms with Crippen LogP contribution >= 0.6 is 0 Å². The van der Waals surface area contributed by atoms with E-state index in [1.54, 1.807) is 48.1 Å². The first kappa shape index (κ1) is 25.9. The van der Waals surface area contributed by atoms with Gasteiger partial charge in [-0.15, -0.1) is 0 Å². The number of fused-ring (bicyclic) bond motifs is 1. The molecule has 0 saturated heterocycles. The maximum absolute atomic E-state index is 13.5. The predicted molar refractivity (Wildman–Crippen MR) is 130 cm³/mol. The molecule has 37 heavy (non-hydrogen) atoms. The van der Waals surface area contributed by atoms with E-state index in [9.17, 15) is 22.8 Å². The highest BCUT2D eigenvalue weighted by Gasteiger charge is 2.32. The number of hydrogen-bond acceptors (Lipinski definition) is 7. The number of methoxy groups -OCH3 is 1. The number of benzene rings is 1. The van der Waals surface area contributed by atoms with Crippen molar-refractivity contribution in [3.63, 3.8) is 0 Å². The van der Waals surface area contributed by atoms with Crippen LogP contribution < -0.4 is 15.6 Å². The summed E-state index contributed by atoms with van der Waals surface area (Å²) in [6.07, 6.45) is -2.14. The molecule has 3 aromatic heterocycles. The Morgan fingerprint density at radius 3 is 2.59 bits per heavy atom. The maximum atomic E-state index is 13.5. The van der Waals surface area contributed by atoms with E-state index in [1.165, 1.54) is 14.0 Å². The van der Waals surface area contributed by atoms with Crippen molar-refractivity contribution in [1.29, 1.82) is 0 Å². The molecule has 0 spiro atoms. The Hall–Kier alpha value is -4.19. The summed E-state index contributed by atoms with van der Waals surface area (Å²) in [5.41, 5.74) is -0.145. The molecule has 0 radical (unpaired) electrons. The molecule has 0 unspecified atom stereocenters. The van der Waals surface area contributed by atoms with Gasteiger partial charge in [-0.2, -0.15) is 13.2 Å². The Bertz CT molecular complexity index is 1510. The number of ketones is 1. The number of alkyl halides is 3. The standard InChI is InChI=1S/C25H24F3N5O4/c1-15(34)10-17-12-19(6-7-29-17)37-18-4-5-20-22(13-18)32(2)24(30-20)31-21-11-16(25(26,27)28)14-33(23(21)35)8-9-36-3/h4-7,11-14H,8-10H2,1-3H3,(H,30,31). The van der Waals surface area contributed by atoms with Crippen LogP contribution in [0, 0.1) is 0 Å². The molecule has 1 N–H and O–H groups in total. The number of pyridine rings is 2. The van der Waals surface area contributed by atoms with Gasteiger partial charge < -0.3 is 23.9 Å². The zero-order valence-electron chi connectivity index (χ0n) is 20.3. The second-order valence-corrected chi connectivity index (χ2v) is 8.37. The Balaban J connectivity index is 1.65. The van der Waals surface area contributed by atoms with E-state index in [2.05, 4.69) is 15.3 Å². The number of nitrogens with one attached hydrogen (secondary N) is 1. The summed E-state index contributed by atoms with van der Waals surface area (Å²) in [6.45, 7) is 1.51. The molecule has 3 heterocycles. The highest BCUT2D eigenvalue weighted by molar-refractivity contribution is 5.81. The number of rotatable bonds is 9. The number of anilines is 2. The average Bonchev–Trinajstić information content (AvgIpc) is 3.13. The SMILES string of the molecule is COCCn1cc(C(F)(F)F)cc(Nc2nc3ccc(Oc4ccnc(CC(C)=O)c4)cc3n2C)c1=O. The number of hydrogen-bond donors (Lipinski definition) is 1. The third-order valence-electron chi connectivity index (χ3n) is 5.50. The molecule has 0 aliphatic rings. The van der Waals surface area contributed by atoms with Crippen LogP contribution in [0.15, 0.2) is 53.6 Å². The second-order valence-electron chi connectivity index (χ2n) is 8.37. The Morgan fingerprint density at radius 2 is 1.89 bits per heavy atom. The summed E-state index contributed by atoms with van der Waals surface area (Å²) < 4.78 is 53.8. The summed E-state index contributed by atoms with van der Waals surface area (Å²) in [5.74, 6) is 1.12. The lowest BCUT2D eigenvalue weighted by molar-refractivity contribution is -0.138. The molecule has 1 aromatic carbocycles. The van der Waals surface area contributed by atoms with Crippen molar-refractivity contribution in [2.75, 3.05) is 19.0 Å². The number of carbonyl (C=O) groups excluding carboxylic acids is 1. The van der Waals surface area contributed by atoms with E-state index < -0.39 is 17.3 Å². The van der Waals surface area contributed by atoms with Gasteiger partial charge in [-0.3, -0.25) is 14.6 Å². The van der Waals surface area contributed by atoms with Crippen LogP contribution in [-0.2, 0) is 35.7 Å². The van der Waals surface area contributed by atoms with Gasteiger partial charge in [0, 0.05) is 51.6 Å². The zero-order chi connectivity index (χ0) is 26.7. The number of ether oxygens (including phenoxy) is 2. The fourth-order valence-corrected chi connectivity index (χ4v) is 3.71. The molecule has 0 aliphatic heterocycles. The number of Topliss-reactive ketones (excluding diaryl/α,β-unsaturated/α-hetero) is 1. The second kappa shape index (κ2) is 10.4. The van der Waals surface area contributed by atoms with Crippen molar-refractivity contribution >= 4 is 28.5 Å². The van der Waals surface area contributed by atoms with Crippen LogP contribution in [0.5, 0.6) is 11.5 Å². The highest BCUT2D eigenvalue weighted by Crippen LogP contribution is 2.31. The van der Waals surface area contributed by atoms with Gasteiger partial charge in [0.05, 0.1) is 28.9 Å². The number of halogens is 3. The fourth-order valence-electron chi connectivity index (χ4n) is 3.71. The van der Waals surface area contributed by atoms with E-state index in [0.29, 0.717) is 28.2 Å². The van der Waals surface area contributed by atoms with E-state index in [-0.39, 0.29) is 37.0 Å². The van der Waals surface area contributed by atoms with Crippen LogP contribution in [0.4, 0.5) is 24.8 Å². The monoisotopic (exact) mass is 515 g/mol. The van der Waals surface area contributed by atoms with Gasteiger partial charge in [0.15, 0.2) is 0 Å². The lowest BCUT2D eigenvalue weighted by atomic mass is 10.2. The minimum absolute atomic E-state index is 0.0211. The first-order valence-electron chi connectivity index (χ1n) is 11.2. The Labute approximate surface area is 209 Å². The lowest BCUT2D eigenvalue weighted by Gasteiger charge is -2.14. The minimum Gasteiger partial charge on any atom is -0.457 e. The first-order valence-corrected chi connectivity index (χ1v) is 11.2. The zero-order valence-corrected chi connectivity index (χ0v) is 20.3. The van der Waals surface area contributed by atoms with Crippen LogP contribution in [0.25, 0.3) is 11.0 Å². The van der Waals surface area contributed by atoms with Gasteiger partial charge in [-0.1, -0.05) is 0 Å². The average molecular weight is 515 g/mol. The molecule has 0 amide bonds. The molecule has 0 saturated carbocycles. The van der Waals surface area contributed by atoms with E-state index >= 15 is 0 Å². The van der Waals surface area contributed by atoms with Gasteiger partial charge in [0.25, 0.3) is 5.56 Å². The number of imidazole rings is 1. The van der Waals surface area contributed by atoms with Crippen LogP contribution in [0.1, 0.15) is 18.2 Å². The topological polar surface area (TPSA) is 100 Å². The van der Waals surface area contributed by atoms with Crippen molar-refractivity contribution in [3.8, 4) is 11.5 Å². The lowest BCUT2D eigenvalue weighted by Crippen LogP contribution is -2.26. The molecule has 194 valence electrons. The normalized spacial score (nSPS) is 11.6. The van der Waals surface area contributed by atoms with Gasteiger partial charge in [-0.05, 0) is 31.2 Å². The molecule has 0 fully saturated rings. The fraction of sp³-hybridized carbons (Fsp3) is 0.280. The molecular weight excluding hydrogens is 491 g/mol. The number of aryl methyl sites for hydroxylation is 1. The molecule has 9 nitrogen and oxygen atoms in total. The number of aromatic nitrogens is 4. The largest absolute Gasteiger partial charge is 0.457 e. The Kier molecular flexibility index (Phi) is 7.30. The minimum atomic E-state index is -4.64.